The molecule has 2 aromatic heterocycles. The molecule has 1 aliphatic heterocycles. The second-order valence-corrected chi connectivity index (χ2v) is 10.4. The van der Waals surface area contributed by atoms with E-state index in [1.807, 2.05) is 24.5 Å². The zero-order valence-corrected chi connectivity index (χ0v) is 19.3. The third kappa shape index (κ3) is 4.01. The van der Waals surface area contributed by atoms with Gasteiger partial charge in [-0.25, -0.2) is 14.8 Å². The van der Waals surface area contributed by atoms with E-state index in [0.717, 1.165) is 43.3 Å². The number of nitrogen functional groups attached to an aromatic ring is 1. The van der Waals surface area contributed by atoms with Crippen LogP contribution < -0.4 is 10.6 Å². The molecule has 1 saturated carbocycles. The highest BCUT2D eigenvalue weighted by Gasteiger charge is 2.52. The lowest BCUT2D eigenvalue weighted by Crippen LogP contribution is -2.45. The Labute approximate surface area is 192 Å². The van der Waals surface area contributed by atoms with Crippen molar-refractivity contribution >= 4 is 28.6 Å². The van der Waals surface area contributed by atoms with E-state index in [2.05, 4.69) is 26.4 Å². The summed E-state index contributed by atoms with van der Waals surface area (Å²) in [4.78, 5) is 27.6. The van der Waals surface area contributed by atoms with Crippen LogP contribution in [-0.2, 0) is 16.9 Å². The minimum Gasteiger partial charge on any atom is -0.441 e. The molecule has 1 saturated heterocycles. The molecule has 0 unspecified atom stereocenters. The minimum absolute atomic E-state index is 0.0662. The largest absolute Gasteiger partial charge is 0.441 e. The van der Waals surface area contributed by atoms with Crippen LogP contribution in [0.2, 0.25) is 0 Å². The number of hydrogen-bond donors (Lipinski definition) is 2. The summed E-state index contributed by atoms with van der Waals surface area (Å²) in [5, 5.41) is 10.1. The summed E-state index contributed by atoms with van der Waals surface area (Å²) in [7, 11) is 0. The number of aromatic nitrogens is 4. The molecule has 1 aromatic carbocycles. The van der Waals surface area contributed by atoms with Gasteiger partial charge in [0.05, 0.1) is 42.0 Å². The number of carbonyl (C=O) groups excluding carboxylic acids is 1. The highest BCUT2D eigenvalue weighted by Crippen LogP contribution is 2.47. The lowest BCUT2D eigenvalue weighted by molar-refractivity contribution is -0.0264. The first-order valence-corrected chi connectivity index (χ1v) is 11.3. The number of ether oxygens (including phenoxy) is 1. The van der Waals surface area contributed by atoms with Gasteiger partial charge in [-0.15, -0.1) is 0 Å². The van der Waals surface area contributed by atoms with Gasteiger partial charge in [-0.2, -0.15) is 0 Å². The first-order chi connectivity index (χ1) is 15.6. The monoisotopic (exact) mass is 450 g/mol. The molecule has 9 heteroatoms. The predicted molar refractivity (Wildman–Crippen MR) is 125 cm³/mol. The van der Waals surface area contributed by atoms with Crippen LogP contribution in [0.5, 0.6) is 0 Å². The van der Waals surface area contributed by atoms with Crippen LogP contribution in [0.3, 0.4) is 0 Å². The van der Waals surface area contributed by atoms with Gasteiger partial charge in [0.2, 0.25) is 0 Å². The zero-order valence-electron chi connectivity index (χ0n) is 19.3. The van der Waals surface area contributed by atoms with Gasteiger partial charge >= 0.3 is 6.09 Å². The summed E-state index contributed by atoms with van der Waals surface area (Å²) < 4.78 is 8.15. The molecule has 3 heterocycles. The number of nitrogens with zero attached hydrogens (tertiary/aromatic N) is 5. The van der Waals surface area contributed by atoms with Crippen LogP contribution in [0.1, 0.15) is 52.1 Å². The van der Waals surface area contributed by atoms with Crippen LogP contribution in [-0.4, -0.2) is 42.9 Å². The van der Waals surface area contributed by atoms with Crippen LogP contribution in [0.4, 0.5) is 16.3 Å². The minimum atomic E-state index is -1.09. The number of fused-ring (bicyclic) bond motifs is 1. The number of hydrogen-bond acceptors (Lipinski definition) is 7. The molecule has 3 aromatic rings. The Morgan fingerprint density at radius 1 is 1.21 bits per heavy atom. The lowest BCUT2D eigenvalue weighted by Gasteiger charge is -2.43. The Bertz CT molecular complexity index is 1200. The number of aliphatic hydroxyl groups is 1. The second kappa shape index (κ2) is 7.41. The molecule has 1 aliphatic carbocycles. The van der Waals surface area contributed by atoms with Gasteiger partial charge in [-0.05, 0) is 63.1 Å². The van der Waals surface area contributed by atoms with Crippen molar-refractivity contribution in [2.45, 2.75) is 64.2 Å². The molecule has 2 aliphatic rings. The van der Waals surface area contributed by atoms with Crippen LogP contribution in [0.15, 0.2) is 36.9 Å². The lowest BCUT2D eigenvalue weighted by atomic mass is 9.68. The van der Waals surface area contributed by atoms with E-state index in [9.17, 15) is 9.90 Å². The van der Waals surface area contributed by atoms with Crippen molar-refractivity contribution in [2.75, 3.05) is 17.2 Å². The summed E-state index contributed by atoms with van der Waals surface area (Å²) in [5.41, 5.74) is 7.39. The second-order valence-electron chi connectivity index (χ2n) is 10.4. The molecule has 174 valence electrons. The van der Waals surface area contributed by atoms with Crippen LogP contribution in [0, 0.1) is 5.41 Å². The summed E-state index contributed by atoms with van der Waals surface area (Å²) in [6.45, 7) is 6.76. The maximum absolute atomic E-state index is 12.8. The van der Waals surface area contributed by atoms with Crippen molar-refractivity contribution in [1.29, 1.82) is 0 Å². The van der Waals surface area contributed by atoms with E-state index in [4.69, 9.17) is 10.5 Å². The van der Waals surface area contributed by atoms with Gasteiger partial charge in [-0.1, -0.05) is 6.92 Å². The van der Waals surface area contributed by atoms with Gasteiger partial charge < -0.3 is 20.1 Å². The highest BCUT2D eigenvalue weighted by atomic mass is 16.6. The highest BCUT2D eigenvalue weighted by molar-refractivity contribution is 5.89. The summed E-state index contributed by atoms with van der Waals surface area (Å²) in [6, 6.07) is 5.75. The van der Waals surface area contributed by atoms with Gasteiger partial charge in [-0.3, -0.25) is 9.88 Å². The van der Waals surface area contributed by atoms with E-state index < -0.39 is 17.3 Å². The third-order valence-corrected chi connectivity index (χ3v) is 6.87. The smallest absolute Gasteiger partial charge is 0.416 e. The van der Waals surface area contributed by atoms with Gasteiger partial charge in [0.1, 0.15) is 11.2 Å². The fourth-order valence-electron chi connectivity index (χ4n) is 5.34. The van der Waals surface area contributed by atoms with E-state index in [-0.39, 0.29) is 5.41 Å². The number of anilines is 2. The van der Waals surface area contributed by atoms with E-state index in [1.54, 1.807) is 18.7 Å². The molecule has 0 radical (unpaired) electrons. The van der Waals surface area contributed by atoms with Crippen molar-refractivity contribution in [2.24, 2.45) is 5.41 Å². The maximum atomic E-state index is 12.8. The van der Waals surface area contributed by atoms with Gasteiger partial charge in [0.15, 0.2) is 5.82 Å². The molecule has 3 N–H and O–H groups in total. The Kier molecular flexibility index (Phi) is 4.86. The first-order valence-electron chi connectivity index (χ1n) is 11.3. The average molecular weight is 451 g/mol. The Balaban J connectivity index is 1.36. The third-order valence-electron chi connectivity index (χ3n) is 6.87. The maximum Gasteiger partial charge on any atom is 0.416 e. The summed E-state index contributed by atoms with van der Waals surface area (Å²) in [5.74, 6) is 0.438. The van der Waals surface area contributed by atoms with Crippen molar-refractivity contribution in [3.05, 3.63) is 42.6 Å². The first kappa shape index (κ1) is 21.6. The van der Waals surface area contributed by atoms with E-state index in [1.165, 1.54) is 12.4 Å². The Morgan fingerprint density at radius 3 is 2.76 bits per heavy atom. The van der Waals surface area contributed by atoms with Crippen molar-refractivity contribution in [1.82, 2.24) is 19.5 Å². The quantitative estimate of drug-likeness (QED) is 0.583. The van der Waals surface area contributed by atoms with Crippen LogP contribution >= 0.6 is 0 Å². The number of benzene rings is 1. The number of amides is 1. The molecule has 0 bridgehead atoms. The average Bonchev–Trinajstić information content (AvgIpc) is 3.27. The predicted octanol–water partition coefficient (Wildman–Crippen LogP) is 3.61. The van der Waals surface area contributed by atoms with Gasteiger partial charge in [0.25, 0.3) is 0 Å². The number of nitrogens with two attached hydrogens (primary N) is 1. The van der Waals surface area contributed by atoms with Crippen LogP contribution in [0.25, 0.3) is 11.0 Å². The van der Waals surface area contributed by atoms with Gasteiger partial charge in [0, 0.05) is 12.2 Å². The fourth-order valence-corrected chi connectivity index (χ4v) is 5.34. The molecule has 2 atom stereocenters. The number of imidazole rings is 1. The molecular weight excluding hydrogens is 420 g/mol. The SMILES string of the molecule is CC(C)(O)c1cnc(N2C[C@@]3(CCC[C@](C)(Cn4cnc5ccc(N)cc54)C3)OC2=O)cn1. The number of rotatable bonds is 4. The standard InChI is InChI=1S/C24H30N6O3/c1-22(2,32)19-10-27-20(11-26-19)30-14-24(33-21(30)31)8-4-7-23(3,12-24)13-29-15-28-17-6-5-16(25)9-18(17)29/h5-6,9-11,15,32H,4,7-8,12-14,25H2,1-3H3/t23-,24-/m0/s1. The Hall–Kier alpha value is -3.20. The molecule has 33 heavy (non-hydrogen) atoms. The molecule has 5 rings (SSSR count). The molecule has 9 nitrogen and oxygen atoms in total. The fraction of sp³-hybridized carbons (Fsp3) is 0.500. The summed E-state index contributed by atoms with van der Waals surface area (Å²) in [6.07, 6.45) is 8.07. The van der Waals surface area contributed by atoms with Crippen molar-refractivity contribution in [3.8, 4) is 0 Å². The van der Waals surface area contributed by atoms with Crippen molar-refractivity contribution in [3.63, 3.8) is 0 Å². The van der Waals surface area contributed by atoms with Crippen molar-refractivity contribution < 1.29 is 14.6 Å². The molecular formula is C24H30N6O3. The molecule has 2 fully saturated rings. The van der Waals surface area contributed by atoms with E-state index >= 15 is 0 Å². The number of carbonyl (C=O) groups is 1. The van der Waals surface area contributed by atoms with E-state index in [0.29, 0.717) is 23.7 Å². The summed E-state index contributed by atoms with van der Waals surface area (Å²) >= 11 is 0. The molecule has 1 spiro atoms. The topological polar surface area (TPSA) is 119 Å². The Morgan fingerprint density at radius 2 is 2.03 bits per heavy atom. The zero-order chi connectivity index (χ0) is 23.4. The normalized spacial score (nSPS) is 25.7. The molecule has 1 amide bonds.